The number of hydrogen-bond donors (Lipinski definition) is 1. The van der Waals surface area contributed by atoms with Crippen LogP contribution in [0.3, 0.4) is 0 Å². The fourth-order valence-electron chi connectivity index (χ4n) is 2.48. The average Bonchev–Trinajstić information content (AvgIpc) is 2.57. The molecule has 0 radical (unpaired) electrons. The highest BCUT2D eigenvalue weighted by atomic mass is 32.2. The number of nitrogens with zero attached hydrogens (tertiary/aromatic N) is 2. The molecule has 160 valence electrons. The van der Waals surface area contributed by atoms with Gasteiger partial charge in [0.25, 0.3) is 5.91 Å². The molecule has 0 saturated heterocycles. The van der Waals surface area contributed by atoms with Crippen molar-refractivity contribution in [2.75, 3.05) is 27.8 Å². The Morgan fingerprint density at radius 2 is 1.45 bits per heavy atom. The molecule has 0 bridgehead atoms. The highest BCUT2D eigenvalue weighted by Crippen LogP contribution is 2.16. The summed E-state index contributed by atoms with van der Waals surface area (Å²) in [5.41, 5.74) is 4.78. The summed E-state index contributed by atoms with van der Waals surface area (Å²) in [7, 11) is 1.49. The van der Waals surface area contributed by atoms with E-state index in [4.69, 9.17) is 0 Å². The van der Waals surface area contributed by atoms with Gasteiger partial charge < -0.3 is 9.04 Å². The molecule has 1 N–H and O–H groups in total. The van der Waals surface area contributed by atoms with Gasteiger partial charge in [0.2, 0.25) is 0 Å². The number of hydrogen-bond acceptors (Lipinski definition) is 5. The highest BCUT2D eigenvalue weighted by molar-refractivity contribution is 7.85. The van der Waals surface area contributed by atoms with Gasteiger partial charge in [0, 0.05) is 5.56 Å². The maximum Gasteiger partial charge on any atom is 0.282 e. The molecule has 0 saturated carbocycles. The molecule has 8 heteroatoms. The van der Waals surface area contributed by atoms with E-state index in [0.29, 0.717) is 10.0 Å². The fraction of sp³-hybridized carbons (Fsp3) is 0.381. The van der Waals surface area contributed by atoms with E-state index in [1.54, 1.807) is 12.1 Å². The van der Waals surface area contributed by atoms with Crippen LogP contribution in [0.25, 0.3) is 0 Å². The third-order valence-electron chi connectivity index (χ3n) is 4.28. The van der Waals surface area contributed by atoms with Crippen molar-refractivity contribution in [2.24, 2.45) is 0 Å². The zero-order valence-corrected chi connectivity index (χ0v) is 18.9. The predicted octanol–water partition coefficient (Wildman–Crippen LogP) is 3.01. The van der Waals surface area contributed by atoms with Gasteiger partial charge >= 0.3 is 0 Å². The Balaban J connectivity index is 0.000000326. The van der Waals surface area contributed by atoms with Crippen molar-refractivity contribution in [1.29, 1.82) is 0 Å². The quantitative estimate of drug-likeness (QED) is 0.269. The Morgan fingerprint density at radius 1 is 1.00 bits per heavy atom. The van der Waals surface area contributed by atoms with E-state index in [1.807, 2.05) is 61.0 Å². The Hall–Kier alpha value is -2.26. The summed E-state index contributed by atoms with van der Waals surface area (Å²) in [6, 6.07) is 9.43. The lowest BCUT2D eigenvalue weighted by Gasteiger charge is -2.28. The molecule has 0 aliphatic carbocycles. The van der Waals surface area contributed by atoms with E-state index in [0.717, 1.165) is 21.8 Å². The van der Waals surface area contributed by atoms with Crippen molar-refractivity contribution in [3.8, 4) is 0 Å². The number of carbonyl (C=O) groups excluding carboxylic acids is 1. The van der Waals surface area contributed by atoms with Crippen LogP contribution in [-0.2, 0) is 10.1 Å². The number of rotatable bonds is 4. The molecule has 1 amide bonds. The molecule has 0 spiro atoms. The van der Waals surface area contributed by atoms with E-state index in [2.05, 4.69) is 0 Å². The zero-order valence-electron chi connectivity index (χ0n) is 18.1. The van der Waals surface area contributed by atoms with E-state index < -0.39 is 10.1 Å². The summed E-state index contributed by atoms with van der Waals surface area (Å²) >= 11 is 0. The Morgan fingerprint density at radius 3 is 1.83 bits per heavy atom. The molecule has 2 aromatic rings. The first-order valence-electron chi connectivity index (χ1n) is 9.03. The van der Waals surface area contributed by atoms with Crippen LogP contribution in [0.4, 0.5) is 0 Å². The molecule has 29 heavy (non-hydrogen) atoms. The van der Waals surface area contributed by atoms with Crippen LogP contribution in [0.1, 0.15) is 32.6 Å². The Labute approximate surface area is 173 Å². The SMILES string of the molecule is Cc1cc(C(=O)N(O)C[N+](C)(C)C)cc(C)c1C.Cc1ccc(S(=O)(=O)[O-])cc1. The lowest BCUT2D eigenvalue weighted by atomic mass is 10.0. The van der Waals surface area contributed by atoms with Crippen LogP contribution in [-0.4, -0.2) is 61.4 Å². The third-order valence-corrected chi connectivity index (χ3v) is 5.13. The van der Waals surface area contributed by atoms with Gasteiger partial charge in [-0.25, -0.2) is 8.42 Å². The summed E-state index contributed by atoms with van der Waals surface area (Å²) in [6.45, 7) is 8.05. The molecule has 0 atom stereocenters. The van der Waals surface area contributed by atoms with E-state index in [9.17, 15) is 23.0 Å². The van der Waals surface area contributed by atoms with Crippen molar-refractivity contribution < 1.29 is 27.5 Å². The van der Waals surface area contributed by atoms with Crippen LogP contribution < -0.4 is 0 Å². The molecule has 0 aliphatic heterocycles. The smallest absolute Gasteiger partial charge is 0.282 e. The van der Waals surface area contributed by atoms with Gasteiger partial charge in [0.05, 0.1) is 26.0 Å². The first kappa shape index (κ1) is 24.8. The van der Waals surface area contributed by atoms with Gasteiger partial charge in [-0.15, -0.1) is 0 Å². The topological polar surface area (TPSA) is 97.7 Å². The van der Waals surface area contributed by atoms with E-state index in [1.165, 1.54) is 17.7 Å². The van der Waals surface area contributed by atoms with Crippen LogP contribution >= 0.6 is 0 Å². The number of aryl methyl sites for hydroxylation is 3. The van der Waals surface area contributed by atoms with E-state index in [-0.39, 0.29) is 17.5 Å². The molecule has 0 fully saturated rings. The van der Waals surface area contributed by atoms with Gasteiger partial charge in [-0.3, -0.25) is 10.0 Å². The summed E-state index contributed by atoms with van der Waals surface area (Å²) in [5, 5.41) is 10.6. The summed E-state index contributed by atoms with van der Waals surface area (Å²) < 4.78 is 31.7. The second kappa shape index (κ2) is 9.49. The minimum Gasteiger partial charge on any atom is -0.744 e. The molecular weight excluding hydrogens is 392 g/mol. The largest absolute Gasteiger partial charge is 0.744 e. The van der Waals surface area contributed by atoms with Crippen LogP contribution in [0.15, 0.2) is 41.3 Å². The number of benzene rings is 2. The average molecular weight is 423 g/mol. The standard InChI is InChI=1S/C14H23N2O2.C7H8O3S/c1-10-7-13(8-11(2)12(10)3)14(17)15(18)9-16(4,5)6;1-6-2-4-7(5-3-6)11(8,9)10/h7-8,18H,9H2,1-6H3;2-5H,1H3,(H,8,9,10)/q+1;/p-1. The molecule has 0 aromatic heterocycles. The van der Waals surface area contributed by atoms with Gasteiger partial charge in [0.1, 0.15) is 10.1 Å². The van der Waals surface area contributed by atoms with Crippen LogP contribution in [0.2, 0.25) is 0 Å². The van der Waals surface area contributed by atoms with Gasteiger partial charge in [-0.2, -0.15) is 5.06 Å². The maximum absolute atomic E-state index is 12.1. The lowest BCUT2D eigenvalue weighted by Crippen LogP contribution is -2.46. The molecule has 7 nitrogen and oxygen atoms in total. The van der Waals surface area contributed by atoms with Gasteiger partial charge in [-0.1, -0.05) is 17.7 Å². The number of carbonyl (C=O) groups is 1. The lowest BCUT2D eigenvalue weighted by molar-refractivity contribution is -0.884. The van der Waals surface area contributed by atoms with Gasteiger partial charge in [-0.05, 0) is 68.7 Å². The Kier molecular flexibility index (Phi) is 8.11. The maximum atomic E-state index is 12.1. The molecule has 0 aliphatic rings. The first-order valence-corrected chi connectivity index (χ1v) is 10.4. The summed E-state index contributed by atoms with van der Waals surface area (Å²) in [4.78, 5) is 11.9. The van der Waals surface area contributed by atoms with Crippen molar-refractivity contribution in [3.63, 3.8) is 0 Å². The monoisotopic (exact) mass is 422 g/mol. The summed E-state index contributed by atoms with van der Waals surface area (Å²) in [5.74, 6) is -0.353. The van der Waals surface area contributed by atoms with E-state index >= 15 is 0 Å². The Bertz CT molecular complexity index is 939. The second-order valence-electron chi connectivity index (χ2n) is 8.14. The molecule has 0 heterocycles. The molecule has 2 rings (SSSR count). The minimum atomic E-state index is -4.27. The number of amides is 1. The van der Waals surface area contributed by atoms with Crippen LogP contribution in [0, 0.1) is 27.7 Å². The molecular formula is C21H30N2O5S. The minimum absolute atomic E-state index is 0.178. The molecule has 2 aromatic carbocycles. The van der Waals surface area contributed by atoms with Crippen molar-refractivity contribution in [3.05, 3.63) is 64.2 Å². The van der Waals surface area contributed by atoms with Gasteiger partial charge in [0.15, 0.2) is 6.67 Å². The fourth-order valence-corrected chi connectivity index (χ4v) is 2.95. The second-order valence-corrected chi connectivity index (χ2v) is 9.52. The summed E-state index contributed by atoms with van der Waals surface area (Å²) in [6.07, 6.45) is 0. The van der Waals surface area contributed by atoms with Crippen molar-refractivity contribution in [2.45, 2.75) is 32.6 Å². The first-order chi connectivity index (χ1) is 13.1. The van der Waals surface area contributed by atoms with Crippen molar-refractivity contribution >= 4 is 16.0 Å². The van der Waals surface area contributed by atoms with Crippen LogP contribution in [0.5, 0.6) is 0 Å². The highest BCUT2D eigenvalue weighted by Gasteiger charge is 2.20. The normalized spacial score (nSPS) is 11.5. The third kappa shape index (κ3) is 7.94. The number of quaternary nitrogens is 1. The van der Waals surface area contributed by atoms with Crippen molar-refractivity contribution in [1.82, 2.24) is 5.06 Å². The molecule has 0 unspecified atom stereocenters. The number of hydroxylamine groups is 2. The predicted molar refractivity (Wildman–Crippen MR) is 111 cm³/mol. The zero-order chi connectivity index (χ0) is 22.6.